The lowest BCUT2D eigenvalue weighted by molar-refractivity contribution is 0.118. The van der Waals surface area contributed by atoms with E-state index in [1.165, 1.54) is 0 Å². The van der Waals surface area contributed by atoms with E-state index in [0.29, 0.717) is 17.6 Å². The summed E-state index contributed by atoms with van der Waals surface area (Å²) in [6, 6.07) is 4.29. The van der Waals surface area contributed by atoms with Gasteiger partial charge in [0.25, 0.3) is 0 Å². The maximum atomic E-state index is 6.18. The SMILES string of the molecule is CCNCc1nc(N(C)C2CCOC2C)ccc1Cl. The van der Waals surface area contributed by atoms with Crippen molar-refractivity contribution in [3.8, 4) is 0 Å². The fourth-order valence-corrected chi connectivity index (χ4v) is 2.61. The Morgan fingerprint density at radius 1 is 1.53 bits per heavy atom. The Bertz CT molecular complexity index is 427. The highest BCUT2D eigenvalue weighted by molar-refractivity contribution is 6.31. The Morgan fingerprint density at radius 2 is 2.32 bits per heavy atom. The number of pyridine rings is 1. The van der Waals surface area contributed by atoms with Gasteiger partial charge in [0.15, 0.2) is 0 Å². The maximum absolute atomic E-state index is 6.18. The van der Waals surface area contributed by atoms with Gasteiger partial charge >= 0.3 is 0 Å². The Morgan fingerprint density at radius 3 is 2.95 bits per heavy atom. The first-order valence-corrected chi connectivity index (χ1v) is 7.21. The van der Waals surface area contributed by atoms with Crippen molar-refractivity contribution in [3.05, 3.63) is 22.8 Å². The molecule has 1 N–H and O–H groups in total. The molecular weight excluding hydrogens is 262 g/mol. The van der Waals surface area contributed by atoms with Crippen molar-refractivity contribution in [2.45, 2.75) is 39.0 Å². The van der Waals surface area contributed by atoms with Gasteiger partial charge in [0.1, 0.15) is 5.82 Å². The van der Waals surface area contributed by atoms with Gasteiger partial charge in [-0.25, -0.2) is 4.98 Å². The number of hydrogen-bond acceptors (Lipinski definition) is 4. The number of ether oxygens (including phenoxy) is 1. The number of likely N-dealkylation sites (N-methyl/N-ethyl adjacent to an activating group) is 1. The van der Waals surface area contributed by atoms with E-state index in [0.717, 1.165) is 31.1 Å². The van der Waals surface area contributed by atoms with Gasteiger partial charge in [-0.3, -0.25) is 0 Å². The summed E-state index contributed by atoms with van der Waals surface area (Å²) in [6.45, 7) is 6.62. The summed E-state index contributed by atoms with van der Waals surface area (Å²) in [5.74, 6) is 0.958. The Hall–Kier alpha value is -0.840. The zero-order valence-electron chi connectivity index (χ0n) is 11.8. The molecule has 2 atom stereocenters. The predicted molar refractivity (Wildman–Crippen MR) is 78.8 cm³/mol. The van der Waals surface area contributed by atoms with Crippen LogP contribution in [0.1, 0.15) is 26.0 Å². The Labute approximate surface area is 120 Å². The molecule has 1 aromatic rings. The standard InChI is InChI=1S/C14H22ClN3O/c1-4-16-9-12-11(15)5-6-14(17-12)18(3)13-7-8-19-10(13)2/h5-6,10,13,16H,4,7-9H2,1-3H3. The summed E-state index contributed by atoms with van der Waals surface area (Å²) in [7, 11) is 2.07. The normalized spacial score (nSPS) is 22.7. The molecule has 0 spiro atoms. The highest BCUT2D eigenvalue weighted by atomic mass is 35.5. The molecule has 5 heteroatoms. The van der Waals surface area contributed by atoms with E-state index in [4.69, 9.17) is 16.3 Å². The molecule has 106 valence electrons. The van der Waals surface area contributed by atoms with Crippen molar-refractivity contribution in [2.75, 3.05) is 25.1 Å². The monoisotopic (exact) mass is 283 g/mol. The largest absolute Gasteiger partial charge is 0.376 e. The zero-order chi connectivity index (χ0) is 13.8. The molecule has 1 saturated heterocycles. The van der Waals surface area contributed by atoms with E-state index in [1.54, 1.807) is 0 Å². The zero-order valence-corrected chi connectivity index (χ0v) is 12.6. The molecule has 1 aliphatic rings. The van der Waals surface area contributed by atoms with Crippen LogP contribution in [0.5, 0.6) is 0 Å². The van der Waals surface area contributed by atoms with Crippen LogP contribution in [0.25, 0.3) is 0 Å². The van der Waals surface area contributed by atoms with Gasteiger partial charge in [-0.2, -0.15) is 0 Å². The summed E-state index contributed by atoms with van der Waals surface area (Å²) < 4.78 is 5.62. The molecule has 0 aromatic carbocycles. The minimum Gasteiger partial charge on any atom is -0.376 e. The van der Waals surface area contributed by atoms with E-state index in [1.807, 2.05) is 12.1 Å². The van der Waals surface area contributed by atoms with Crippen LogP contribution in [0.2, 0.25) is 5.02 Å². The van der Waals surface area contributed by atoms with Gasteiger partial charge in [-0.05, 0) is 32.0 Å². The molecule has 4 nitrogen and oxygen atoms in total. The van der Waals surface area contributed by atoms with Crippen LogP contribution in [-0.2, 0) is 11.3 Å². The van der Waals surface area contributed by atoms with Gasteiger partial charge in [-0.1, -0.05) is 18.5 Å². The van der Waals surface area contributed by atoms with Gasteiger partial charge in [0.05, 0.1) is 22.9 Å². The number of nitrogens with zero attached hydrogens (tertiary/aromatic N) is 2. The lowest BCUT2D eigenvalue weighted by atomic mass is 10.1. The summed E-state index contributed by atoms with van der Waals surface area (Å²) in [5.41, 5.74) is 0.902. The molecule has 0 radical (unpaired) electrons. The summed E-state index contributed by atoms with van der Waals surface area (Å²) in [6.07, 6.45) is 1.30. The molecular formula is C14H22ClN3O. The van der Waals surface area contributed by atoms with E-state index in [2.05, 4.69) is 36.1 Å². The minimum absolute atomic E-state index is 0.250. The van der Waals surface area contributed by atoms with Crippen molar-refractivity contribution >= 4 is 17.4 Å². The van der Waals surface area contributed by atoms with Crippen LogP contribution in [0, 0.1) is 0 Å². The third-order valence-electron chi connectivity index (χ3n) is 3.64. The smallest absolute Gasteiger partial charge is 0.129 e. The molecule has 1 aliphatic heterocycles. The Kier molecular flexibility index (Phi) is 5.02. The lowest BCUT2D eigenvalue weighted by Crippen LogP contribution is -2.37. The fraction of sp³-hybridized carbons (Fsp3) is 0.643. The van der Waals surface area contributed by atoms with E-state index in [-0.39, 0.29) is 6.10 Å². The Balaban J connectivity index is 2.15. The highest BCUT2D eigenvalue weighted by Gasteiger charge is 2.28. The molecule has 1 aromatic heterocycles. The molecule has 0 bridgehead atoms. The molecule has 2 heterocycles. The minimum atomic E-state index is 0.250. The van der Waals surface area contributed by atoms with Gasteiger partial charge < -0.3 is 15.0 Å². The number of nitrogens with one attached hydrogen (secondary N) is 1. The second-order valence-electron chi connectivity index (χ2n) is 4.92. The molecule has 1 fully saturated rings. The van der Waals surface area contributed by atoms with Crippen molar-refractivity contribution in [3.63, 3.8) is 0 Å². The summed E-state index contributed by atoms with van der Waals surface area (Å²) in [5, 5.41) is 3.98. The molecule has 0 aliphatic carbocycles. The lowest BCUT2D eigenvalue weighted by Gasteiger charge is -2.28. The second kappa shape index (κ2) is 6.55. The number of halogens is 1. The van der Waals surface area contributed by atoms with E-state index >= 15 is 0 Å². The summed E-state index contributed by atoms with van der Waals surface area (Å²) in [4.78, 5) is 6.86. The third-order valence-corrected chi connectivity index (χ3v) is 3.99. The fourth-order valence-electron chi connectivity index (χ4n) is 2.44. The molecule has 19 heavy (non-hydrogen) atoms. The van der Waals surface area contributed by atoms with Crippen molar-refractivity contribution < 1.29 is 4.74 Å². The number of anilines is 1. The van der Waals surface area contributed by atoms with Crippen molar-refractivity contribution in [2.24, 2.45) is 0 Å². The predicted octanol–water partition coefficient (Wildman–Crippen LogP) is 2.46. The number of aromatic nitrogens is 1. The van der Waals surface area contributed by atoms with Crippen LogP contribution in [0.3, 0.4) is 0 Å². The number of hydrogen-bond donors (Lipinski definition) is 1. The molecule has 0 amide bonds. The highest BCUT2D eigenvalue weighted by Crippen LogP contribution is 2.25. The molecule has 2 rings (SSSR count). The van der Waals surface area contributed by atoms with Crippen LogP contribution in [-0.4, -0.2) is 37.3 Å². The van der Waals surface area contributed by atoms with Crippen LogP contribution < -0.4 is 10.2 Å². The molecule has 2 unspecified atom stereocenters. The van der Waals surface area contributed by atoms with Crippen molar-refractivity contribution in [1.29, 1.82) is 0 Å². The topological polar surface area (TPSA) is 37.4 Å². The van der Waals surface area contributed by atoms with Crippen LogP contribution in [0.15, 0.2) is 12.1 Å². The van der Waals surface area contributed by atoms with E-state index in [9.17, 15) is 0 Å². The summed E-state index contributed by atoms with van der Waals surface area (Å²) >= 11 is 6.18. The van der Waals surface area contributed by atoms with Gasteiger partial charge in [0.2, 0.25) is 0 Å². The van der Waals surface area contributed by atoms with E-state index < -0.39 is 0 Å². The van der Waals surface area contributed by atoms with Crippen LogP contribution in [0.4, 0.5) is 5.82 Å². The van der Waals surface area contributed by atoms with Crippen LogP contribution >= 0.6 is 11.6 Å². The van der Waals surface area contributed by atoms with Crippen molar-refractivity contribution in [1.82, 2.24) is 10.3 Å². The maximum Gasteiger partial charge on any atom is 0.129 e. The first-order chi connectivity index (χ1) is 9.13. The first kappa shape index (κ1) is 14.6. The van der Waals surface area contributed by atoms with Gasteiger partial charge in [0, 0.05) is 20.2 Å². The second-order valence-corrected chi connectivity index (χ2v) is 5.33. The third kappa shape index (κ3) is 3.38. The first-order valence-electron chi connectivity index (χ1n) is 6.84. The molecule has 0 saturated carbocycles. The average molecular weight is 284 g/mol. The quantitative estimate of drug-likeness (QED) is 0.901. The number of rotatable bonds is 5. The van der Waals surface area contributed by atoms with Gasteiger partial charge in [-0.15, -0.1) is 0 Å². The average Bonchev–Trinajstić information content (AvgIpc) is 2.83.